The van der Waals surface area contributed by atoms with Gasteiger partial charge in [0.1, 0.15) is 0 Å². The minimum Gasteiger partial charge on any atom is -0.381 e. The molecule has 2 rings (SSSR count). The van der Waals surface area contributed by atoms with Gasteiger partial charge in [0.2, 0.25) is 0 Å². The first kappa shape index (κ1) is 15.7. The van der Waals surface area contributed by atoms with Crippen LogP contribution in [0.25, 0.3) is 11.3 Å². The lowest BCUT2D eigenvalue weighted by Crippen LogP contribution is -2.17. The fourth-order valence-corrected chi connectivity index (χ4v) is 2.14. The summed E-state index contributed by atoms with van der Waals surface area (Å²) in [6.07, 6.45) is 2.93. The molecule has 0 fully saturated rings. The SMILES string of the molecule is CC(C)COCCCNCc1cn[nH]c1-c1ccccc1. The number of benzene rings is 1. The van der Waals surface area contributed by atoms with E-state index >= 15 is 0 Å². The van der Waals surface area contributed by atoms with Crippen LogP contribution in [0.5, 0.6) is 0 Å². The summed E-state index contributed by atoms with van der Waals surface area (Å²) < 4.78 is 5.57. The van der Waals surface area contributed by atoms with Crippen LogP contribution in [0.4, 0.5) is 0 Å². The first-order valence-electron chi connectivity index (χ1n) is 7.63. The number of aromatic nitrogens is 2. The zero-order valence-electron chi connectivity index (χ0n) is 12.9. The summed E-state index contributed by atoms with van der Waals surface area (Å²) in [5.41, 5.74) is 3.47. The van der Waals surface area contributed by atoms with E-state index < -0.39 is 0 Å². The van der Waals surface area contributed by atoms with Crippen LogP contribution in [-0.2, 0) is 11.3 Å². The third kappa shape index (κ3) is 5.33. The Morgan fingerprint density at radius 1 is 1.24 bits per heavy atom. The van der Waals surface area contributed by atoms with Crippen molar-refractivity contribution in [1.29, 1.82) is 0 Å². The number of nitrogens with one attached hydrogen (secondary N) is 2. The number of ether oxygens (including phenoxy) is 1. The molecule has 1 heterocycles. The van der Waals surface area contributed by atoms with Crippen molar-refractivity contribution in [3.05, 3.63) is 42.1 Å². The molecule has 2 N–H and O–H groups in total. The molecule has 0 aliphatic rings. The Labute approximate surface area is 126 Å². The fourth-order valence-electron chi connectivity index (χ4n) is 2.14. The molecule has 4 nitrogen and oxygen atoms in total. The summed E-state index contributed by atoms with van der Waals surface area (Å²) in [6.45, 7) is 7.79. The lowest BCUT2D eigenvalue weighted by molar-refractivity contribution is 0.108. The van der Waals surface area contributed by atoms with Crippen LogP contribution in [0.3, 0.4) is 0 Å². The van der Waals surface area contributed by atoms with Crippen molar-refractivity contribution < 1.29 is 4.74 Å². The number of aromatic amines is 1. The number of H-pyrrole nitrogens is 1. The Kier molecular flexibility index (Phi) is 6.44. The van der Waals surface area contributed by atoms with Crippen molar-refractivity contribution in [2.75, 3.05) is 19.8 Å². The molecule has 0 radical (unpaired) electrons. The third-order valence-electron chi connectivity index (χ3n) is 3.19. The molecule has 0 aliphatic heterocycles. The van der Waals surface area contributed by atoms with Crippen LogP contribution in [0.15, 0.2) is 36.5 Å². The minimum atomic E-state index is 0.609. The monoisotopic (exact) mass is 287 g/mol. The van der Waals surface area contributed by atoms with E-state index in [2.05, 4.69) is 41.5 Å². The second-order valence-electron chi connectivity index (χ2n) is 5.64. The molecule has 0 bridgehead atoms. The molecule has 0 saturated carbocycles. The number of rotatable bonds is 9. The molecule has 0 aliphatic carbocycles. The molecule has 0 saturated heterocycles. The maximum atomic E-state index is 5.57. The van der Waals surface area contributed by atoms with Gasteiger partial charge >= 0.3 is 0 Å². The predicted molar refractivity (Wildman–Crippen MR) is 86.0 cm³/mol. The predicted octanol–water partition coefficient (Wildman–Crippen LogP) is 3.23. The van der Waals surface area contributed by atoms with Crippen LogP contribution in [0, 0.1) is 5.92 Å². The van der Waals surface area contributed by atoms with E-state index in [4.69, 9.17) is 4.74 Å². The molecular weight excluding hydrogens is 262 g/mol. The average Bonchev–Trinajstić information content (AvgIpc) is 2.95. The van der Waals surface area contributed by atoms with Gasteiger partial charge in [-0.2, -0.15) is 5.10 Å². The van der Waals surface area contributed by atoms with Gasteiger partial charge in [-0.05, 0) is 24.4 Å². The van der Waals surface area contributed by atoms with Gasteiger partial charge in [-0.1, -0.05) is 44.2 Å². The first-order chi connectivity index (χ1) is 10.3. The first-order valence-corrected chi connectivity index (χ1v) is 7.63. The Bertz CT molecular complexity index is 508. The van der Waals surface area contributed by atoms with Crippen molar-refractivity contribution in [1.82, 2.24) is 15.5 Å². The highest BCUT2D eigenvalue weighted by molar-refractivity contribution is 5.62. The van der Waals surface area contributed by atoms with Crippen LogP contribution < -0.4 is 5.32 Å². The molecule has 4 heteroatoms. The highest BCUT2D eigenvalue weighted by atomic mass is 16.5. The highest BCUT2D eigenvalue weighted by Gasteiger charge is 2.06. The molecular formula is C17H25N3O. The Balaban J connectivity index is 1.71. The van der Waals surface area contributed by atoms with Gasteiger partial charge in [0.15, 0.2) is 0 Å². The number of hydrogen-bond acceptors (Lipinski definition) is 3. The van der Waals surface area contributed by atoms with Crippen LogP contribution in [0.2, 0.25) is 0 Å². The third-order valence-corrected chi connectivity index (χ3v) is 3.19. The zero-order valence-corrected chi connectivity index (χ0v) is 12.9. The summed E-state index contributed by atoms with van der Waals surface area (Å²) in [5, 5.41) is 10.7. The Morgan fingerprint density at radius 2 is 2.05 bits per heavy atom. The molecule has 0 atom stereocenters. The van der Waals surface area contributed by atoms with Gasteiger partial charge < -0.3 is 10.1 Å². The van der Waals surface area contributed by atoms with E-state index in [0.29, 0.717) is 5.92 Å². The lowest BCUT2D eigenvalue weighted by atomic mass is 10.1. The van der Waals surface area contributed by atoms with Crippen LogP contribution in [-0.4, -0.2) is 30.0 Å². The molecule has 0 amide bonds. The highest BCUT2D eigenvalue weighted by Crippen LogP contribution is 2.20. The summed E-state index contributed by atoms with van der Waals surface area (Å²) in [4.78, 5) is 0. The summed E-state index contributed by atoms with van der Waals surface area (Å²) in [6, 6.07) is 10.3. The van der Waals surface area contributed by atoms with Crippen molar-refractivity contribution in [2.24, 2.45) is 5.92 Å². The van der Waals surface area contributed by atoms with Crippen molar-refractivity contribution in [3.8, 4) is 11.3 Å². The topological polar surface area (TPSA) is 49.9 Å². The van der Waals surface area contributed by atoms with Gasteiger partial charge in [0, 0.05) is 25.3 Å². The second-order valence-corrected chi connectivity index (χ2v) is 5.64. The van der Waals surface area contributed by atoms with Gasteiger partial charge in [-0.3, -0.25) is 5.10 Å². The van der Waals surface area contributed by atoms with Crippen molar-refractivity contribution in [3.63, 3.8) is 0 Å². The molecule has 0 spiro atoms. The van der Waals surface area contributed by atoms with Crippen molar-refractivity contribution >= 4 is 0 Å². The van der Waals surface area contributed by atoms with Gasteiger partial charge in [-0.15, -0.1) is 0 Å². The zero-order chi connectivity index (χ0) is 14.9. The van der Waals surface area contributed by atoms with E-state index in [-0.39, 0.29) is 0 Å². The number of nitrogens with zero attached hydrogens (tertiary/aromatic N) is 1. The summed E-state index contributed by atoms with van der Waals surface area (Å²) in [5.74, 6) is 0.609. The number of hydrogen-bond donors (Lipinski definition) is 2. The van der Waals surface area contributed by atoms with E-state index in [1.807, 2.05) is 24.4 Å². The molecule has 21 heavy (non-hydrogen) atoms. The molecule has 114 valence electrons. The summed E-state index contributed by atoms with van der Waals surface area (Å²) >= 11 is 0. The smallest absolute Gasteiger partial charge is 0.0695 e. The average molecular weight is 287 g/mol. The van der Waals surface area contributed by atoms with Crippen LogP contribution >= 0.6 is 0 Å². The van der Waals surface area contributed by atoms with E-state index in [9.17, 15) is 0 Å². The summed E-state index contributed by atoms with van der Waals surface area (Å²) in [7, 11) is 0. The van der Waals surface area contributed by atoms with Gasteiger partial charge in [0.05, 0.1) is 11.9 Å². The molecule has 2 aromatic rings. The van der Waals surface area contributed by atoms with E-state index in [1.54, 1.807) is 0 Å². The maximum absolute atomic E-state index is 5.57. The normalized spacial score (nSPS) is 11.2. The standard InChI is InChI=1S/C17H25N3O/c1-14(2)13-21-10-6-9-18-11-16-12-19-20-17(16)15-7-4-3-5-8-15/h3-5,7-8,12,14,18H,6,9-11,13H2,1-2H3,(H,19,20). The Morgan fingerprint density at radius 3 is 2.81 bits per heavy atom. The second kappa shape index (κ2) is 8.60. The van der Waals surface area contributed by atoms with Gasteiger partial charge in [0.25, 0.3) is 0 Å². The minimum absolute atomic E-state index is 0.609. The molecule has 1 aromatic heterocycles. The molecule has 0 unspecified atom stereocenters. The van der Waals surface area contributed by atoms with Crippen molar-refractivity contribution in [2.45, 2.75) is 26.8 Å². The van der Waals surface area contributed by atoms with E-state index in [0.717, 1.165) is 38.4 Å². The lowest BCUT2D eigenvalue weighted by Gasteiger charge is -2.08. The Hall–Kier alpha value is -1.65. The fraction of sp³-hybridized carbons (Fsp3) is 0.471. The molecule has 1 aromatic carbocycles. The van der Waals surface area contributed by atoms with Crippen LogP contribution in [0.1, 0.15) is 25.8 Å². The maximum Gasteiger partial charge on any atom is 0.0695 e. The largest absolute Gasteiger partial charge is 0.381 e. The van der Waals surface area contributed by atoms with Gasteiger partial charge in [-0.25, -0.2) is 0 Å². The quantitative estimate of drug-likeness (QED) is 0.696. The van der Waals surface area contributed by atoms with E-state index in [1.165, 1.54) is 11.1 Å².